The molecule has 78 valence electrons. The zero-order chi connectivity index (χ0) is 10.6. The van der Waals surface area contributed by atoms with Gasteiger partial charge in [0.1, 0.15) is 5.01 Å². The maximum absolute atomic E-state index is 11.4. The highest BCUT2D eigenvalue weighted by Gasteiger charge is 2.09. The highest BCUT2D eigenvalue weighted by molar-refractivity contribution is 7.09. The molecule has 1 aromatic rings. The average molecular weight is 213 g/mol. The quantitative estimate of drug-likeness (QED) is 0.773. The number of nitrogens with zero attached hydrogens (tertiary/aromatic N) is 1. The minimum atomic E-state index is -0.156. The molecular formula is C9H15N3OS. The molecule has 1 amide bonds. The van der Waals surface area contributed by atoms with Crippen LogP contribution in [0.5, 0.6) is 0 Å². The van der Waals surface area contributed by atoms with Crippen molar-refractivity contribution in [3.05, 3.63) is 16.1 Å². The van der Waals surface area contributed by atoms with Gasteiger partial charge in [-0.3, -0.25) is 4.79 Å². The van der Waals surface area contributed by atoms with Gasteiger partial charge in [-0.1, -0.05) is 0 Å². The minimum absolute atomic E-state index is 0.000327. The first kappa shape index (κ1) is 11.1. The van der Waals surface area contributed by atoms with Gasteiger partial charge < -0.3 is 10.6 Å². The molecule has 5 heteroatoms. The number of aromatic nitrogens is 1. The molecule has 0 radical (unpaired) electrons. The number of rotatable bonds is 4. The van der Waals surface area contributed by atoms with Crippen LogP contribution in [0.4, 0.5) is 0 Å². The number of nitrogens with one attached hydrogen (secondary N) is 2. The van der Waals surface area contributed by atoms with Gasteiger partial charge in [-0.15, -0.1) is 11.3 Å². The Morgan fingerprint density at radius 2 is 2.43 bits per heavy atom. The minimum Gasteiger partial charge on any atom is -0.348 e. The Bertz CT molecular complexity index is 311. The Morgan fingerprint density at radius 1 is 1.71 bits per heavy atom. The Hall–Kier alpha value is -0.940. The predicted molar refractivity (Wildman–Crippen MR) is 57.2 cm³/mol. The van der Waals surface area contributed by atoms with E-state index in [2.05, 4.69) is 15.6 Å². The van der Waals surface area contributed by atoms with E-state index in [-0.39, 0.29) is 11.9 Å². The molecule has 0 aliphatic carbocycles. The van der Waals surface area contributed by atoms with E-state index in [4.69, 9.17) is 0 Å². The second-order valence-corrected chi connectivity index (χ2v) is 4.05. The van der Waals surface area contributed by atoms with Gasteiger partial charge in [0, 0.05) is 11.1 Å². The van der Waals surface area contributed by atoms with Gasteiger partial charge in [0.05, 0.1) is 12.6 Å². The molecule has 1 atom stereocenters. The van der Waals surface area contributed by atoms with Crippen molar-refractivity contribution in [2.75, 3.05) is 7.05 Å². The van der Waals surface area contributed by atoms with Crippen molar-refractivity contribution in [1.29, 1.82) is 0 Å². The second-order valence-electron chi connectivity index (χ2n) is 3.11. The van der Waals surface area contributed by atoms with E-state index in [1.165, 1.54) is 0 Å². The predicted octanol–water partition coefficient (Wildman–Crippen LogP) is 0.676. The van der Waals surface area contributed by atoms with E-state index in [1.54, 1.807) is 18.4 Å². The van der Waals surface area contributed by atoms with E-state index in [0.717, 1.165) is 10.7 Å². The SMILES string of the molecule is CNC(C)C(=O)NCc1nc(C)cs1. The highest BCUT2D eigenvalue weighted by Crippen LogP contribution is 2.07. The molecule has 0 spiro atoms. The van der Waals surface area contributed by atoms with Gasteiger partial charge in [0.15, 0.2) is 0 Å². The van der Waals surface area contributed by atoms with Gasteiger partial charge >= 0.3 is 0 Å². The molecule has 0 aliphatic heterocycles. The van der Waals surface area contributed by atoms with Crippen LogP contribution in [0, 0.1) is 6.92 Å². The molecule has 0 aliphatic rings. The lowest BCUT2D eigenvalue weighted by Crippen LogP contribution is -2.39. The highest BCUT2D eigenvalue weighted by atomic mass is 32.1. The summed E-state index contributed by atoms with van der Waals surface area (Å²) >= 11 is 1.56. The number of likely N-dealkylation sites (N-methyl/N-ethyl adjacent to an activating group) is 1. The molecule has 2 N–H and O–H groups in total. The summed E-state index contributed by atoms with van der Waals surface area (Å²) in [6.45, 7) is 4.28. The molecule has 1 aromatic heterocycles. The molecule has 1 unspecified atom stereocenters. The molecule has 0 saturated carbocycles. The Kier molecular flexibility index (Phi) is 4.03. The van der Waals surface area contributed by atoms with Crippen LogP contribution < -0.4 is 10.6 Å². The lowest BCUT2D eigenvalue weighted by Gasteiger charge is -2.09. The molecule has 1 rings (SSSR count). The van der Waals surface area contributed by atoms with Crippen molar-refractivity contribution in [2.45, 2.75) is 26.4 Å². The Balaban J connectivity index is 2.37. The first-order valence-corrected chi connectivity index (χ1v) is 5.37. The van der Waals surface area contributed by atoms with E-state index in [0.29, 0.717) is 6.54 Å². The van der Waals surface area contributed by atoms with Crippen LogP contribution in [0.3, 0.4) is 0 Å². The summed E-state index contributed by atoms with van der Waals surface area (Å²) in [5.41, 5.74) is 1.00. The van der Waals surface area contributed by atoms with Gasteiger partial charge in [0.2, 0.25) is 5.91 Å². The Labute approximate surface area is 87.7 Å². The van der Waals surface area contributed by atoms with Gasteiger partial charge in [-0.05, 0) is 20.9 Å². The van der Waals surface area contributed by atoms with Crippen LogP contribution in [0.2, 0.25) is 0 Å². The number of thiazole rings is 1. The average Bonchev–Trinajstić information content (AvgIpc) is 2.59. The fourth-order valence-corrected chi connectivity index (χ4v) is 1.64. The Morgan fingerprint density at radius 3 is 2.93 bits per heavy atom. The summed E-state index contributed by atoms with van der Waals surface area (Å²) < 4.78 is 0. The summed E-state index contributed by atoms with van der Waals surface area (Å²) in [4.78, 5) is 15.6. The lowest BCUT2D eigenvalue weighted by molar-refractivity contribution is -0.122. The summed E-state index contributed by atoms with van der Waals surface area (Å²) in [7, 11) is 1.76. The van der Waals surface area contributed by atoms with Gasteiger partial charge in [-0.25, -0.2) is 4.98 Å². The van der Waals surface area contributed by atoms with E-state index < -0.39 is 0 Å². The van der Waals surface area contributed by atoms with E-state index >= 15 is 0 Å². The number of aryl methyl sites for hydroxylation is 1. The summed E-state index contributed by atoms with van der Waals surface area (Å²) in [6.07, 6.45) is 0. The van der Waals surface area contributed by atoms with Crippen LogP contribution in [0.25, 0.3) is 0 Å². The third-order valence-electron chi connectivity index (χ3n) is 1.91. The lowest BCUT2D eigenvalue weighted by atomic mass is 10.3. The third-order valence-corrected chi connectivity index (χ3v) is 2.87. The monoisotopic (exact) mass is 213 g/mol. The number of carbonyl (C=O) groups is 1. The largest absolute Gasteiger partial charge is 0.348 e. The van der Waals surface area contributed by atoms with Crippen molar-refractivity contribution in [3.63, 3.8) is 0 Å². The third kappa shape index (κ3) is 3.08. The van der Waals surface area contributed by atoms with E-state index in [9.17, 15) is 4.79 Å². The molecular weight excluding hydrogens is 198 g/mol. The van der Waals surface area contributed by atoms with Crippen molar-refractivity contribution in [3.8, 4) is 0 Å². The number of carbonyl (C=O) groups excluding carboxylic acids is 1. The fourth-order valence-electron chi connectivity index (χ4n) is 0.931. The molecule has 1 heterocycles. The molecule has 0 aromatic carbocycles. The van der Waals surface area contributed by atoms with Gasteiger partial charge in [-0.2, -0.15) is 0 Å². The van der Waals surface area contributed by atoms with Crippen LogP contribution in [-0.4, -0.2) is 24.0 Å². The zero-order valence-electron chi connectivity index (χ0n) is 8.63. The van der Waals surface area contributed by atoms with Gasteiger partial charge in [0.25, 0.3) is 0 Å². The standard InChI is InChI=1S/C9H15N3OS/c1-6-5-14-8(12-6)4-11-9(13)7(2)10-3/h5,7,10H,4H2,1-3H3,(H,11,13). The summed E-state index contributed by atoms with van der Waals surface area (Å²) in [6, 6.07) is -0.156. The van der Waals surface area contributed by atoms with E-state index in [1.807, 2.05) is 19.2 Å². The summed E-state index contributed by atoms with van der Waals surface area (Å²) in [5, 5.41) is 8.61. The summed E-state index contributed by atoms with van der Waals surface area (Å²) in [5.74, 6) is 0.000327. The smallest absolute Gasteiger partial charge is 0.237 e. The fraction of sp³-hybridized carbons (Fsp3) is 0.556. The van der Waals surface area contributed by atoms with Crippen molar-refractivity contribution in [2.24, 2.45) is 0 Å². The molecule has 0 fully saturated rings. The van der Waals surface area contributed by atoms with Crippen molar-refractivity contribution in [1.82, 2.24) is 15.6 Å². The maximum Gasteiger partial charge on any atom is 0.237 e. The first-order chi connectivity index (χ1) is 6.63. The van der Waals surface area contributed by atoms with Crippen LogP contribution in [-0.2, 0) is 11.3 Å². The number of hydrogen-bond acceptors (Lipinski definition) is 4. The second kappa shape index (κ2) is 5.07. The maximum atomic E-state index is 11.4. The van der Waals surface area contributed by atoms with Crippen molar-refractivity contribution >= 4 is 17.2 Å². The molecule has 14 heavy (non-hydrogen) atoms. The number of hydrogen-bond donors (Lipinski definition) is 2. The molecule has 0 saturated heterocycles. The normalized spacial score (nSPS) is 12.5. The van der Waals surface area contributed by atoms with Crippen LogP contribution >= 0.6 is 11.3 Å². The van der Waals surface area contributed by atoms with Crippen LogP contribution in [0.1, 0.15) is 17.6 Å². The molecule has 4 nitrogen and oxygen atoms in total. The van der Waals surface area contributed by atoms with Crippen molar-refractivity contribution < 1.29 is 4.79 Å². The molecule has 0 bridgehead atoms. The zero-order valence-corrected chi connectivity index (χ0v) is 9.44. The number of amides is 1. The first-order valence-electron chi connectivity index (χ1n) is 4.49. The van der Waals surface area contributed by atoms with Crippen LogP contribution in [0.15, 0.2) is 5.38 Å². The topological polar surface area (TPSA) is 54.0 Å².